The Kier molecular flexibility index (Phi) is 3.76. The van der Waals surface area contributed by atoms with Crippen LogP contribution in [0.25, 0.3) is 11.0 Å². The second-order valence-electron chi connectivity index (χ2n) is 5.70. The van der Waals surface area contributed by atoms with Crippen molar-refractivity contribution < 1.29 is 13.2 Å². The number of nitrogens with zero attached hydrogens (tertiary/aromatic N) is 2. The van der Waals surface area contributed by atoms with E-state index < -0.39 is 11.7 Å². The quantitative estimate of drug-likeness (QED) is 0.946. The molecule has 0 saturated carbocycles. The number of rotatable bonds is 3. The Bertz CT molecular complexity index is 732. The third-order valence-corrected chi connectivity index (χ3v) is 4.40. The van der Waals surface area contributed by atoms with Gasteiger partial charge in [0.25, 0.3) is 0 Å². The van der Waals surface area contributed by atoms with Crippen molar-refractivity contribution in [2.75, 3.05) is 13.1 Å². The number of alkyl halides is 3. The van der Waals surface area contributed by atoms with Crippen LogP contribution in [0.2, 0.25) is 0 Å². The highest BCUT2D eigenvalue weighted by atomic mass is 19.4. The lowest BCUT2D eigenvalue weighted by atomic mass is 10.2. The summed E-state index contributed by atoms with van der Waals surface area (Å²) in [6.45, 7) is 4.34. The predicted octanol–water partition coefficient (Wildman–Crippen LogP) is 2.83. The number of imidazole rings is 1. The maximum atomic E-state index is 12.9. The van der Waals surface area contributed by atoms with Crippen LogP contribution in [0.4, 0.5) is 13.2 Å². The highest BCUT2D eigenvalue weighted by molar-refractivity contribution is 5.76. The Hall–Kier alpha value is -1.76. The highest BCUT2D eigenvalue weighted by Crippen LogP contribution is 2.31. The number of likely N-dealkylation sites (N-methyl/N-ethyl adjacent to an activating group) is 1. The van der Waals surface area contributed by atoms with Crippen LogP contribution >= 0.6 is 0 Å². The van der Waals surface area contributed by atoms with Crippen molar-refractivity contribution in [1.29, 1.82) is 0 Å². The molecule has 0 radical (unpaired) electrons. The fraction of sp³-hybridized carbons (Fsp3) is 0.533. The summed E-state index contributed by atoms with van der Waals surface area (Å²) >= 11 is 0. The van der Waals surface area contributed by atoms with Crippen molar-refractivity contribution >= 4 is 11.0 Å². The monoisotopic (exact) mass is 313 g/mol. The van der Waals surface area contributed by atoms with Gasteiger partial charge in [-0.3, -0.25) is 9.47 Å². The fourth-order valence-corrected chi connectivity index (χ4v) is 3.24. The Labute approximate surface area is 125 Å². The Balaban J connectivity index is 2.01. The summed E-state index contributed by atoms with van der Waals surface area (Å²) in [5, 5.41) is 0. The zero-order valence-corrected chi connectivity index (χ0v) is 12.3. The first kappa shape index (κ1) is 15.1. The van der Waals surface area contributed by atoms with Gasteiger partial charge in [-0.05, 0) is 44.1 Å². The molecule has 1 fully saturated rings. The lowest BCUT2D eigenvalue weighted by Crippen LogP contribution is -2.35. The predicted molar refractivity (Wildman–Crippen MR) is 77.8 cm³/mol. The van der Waals surface area contributed by atoms with Gasteiger partial charge in [-0.2, -0.15) is 13.2 Å². The van der Waals surface area contributed by atoms with Gasteiger partial charge in [-0.25, -0.2) is 4.79 Å². The molecule has 2 aromatic rings. The van der Waals surface area contributed by atoms with E-state index in [9.17, 15) is 18.0 Å². The minimum atomic E-state index is -4.41. The van der Waals surface area contributed by atoms with E-state index in [-0.39, 0.29) is 11.7 Å². The average molecular weight is 313 g/mol. The molecule has 1 N–H and O–H groups in total. The van der Waals surface area contributed by atoms with E-state index in [0.717, 1.165) is 38.1 Å². The van der Waals surface area contributed by atoms with E-state index in [1.165, 1.54) is 10.6 Å². The summed E-state index contributed by atoms with van der Waals surface area (Å²) in [7, 11) is 0. The first-order valence-corrected chi connectivity index (χ1v) is 7.44. The molecule has 120 valence electrons. The van der Waals surface area contributed by atoms with Gasteiger partial charge in [-0.15, -0.1) is 0 Å². The summed E-state index contributed by atoms with van der Waals surface area (Å²) < 4.78 is 40.0. The SMILES string of the molecule is CCN1CCCC1Cn1c(=O)[nH]c2ccc(C(F)(F)F)cc21. The lowest BCUT2D eigenvalue weighted by molar-refractivity contribution is -0.137. The van der Waals surface area contributed by atoms with Gasteiger partial charge < -0.3 is 4.98 Å². The van der Waals surface area contributed by atoms with E-state index in [4.69, 9.17) is 0 Å². The van der Waals surface area contributed by atoms with E-state index in [1.54, 1.807) is 0 Å². The third kappa shape index (κ3) is 2.65. The molecular weight excluding hydrogens is 295 g/mol. The number of benzene rings is 1. The number of aromatic nitrogens is 2. The minimum absolute atomic E-state index is 0.205. The summed E-state index contributed by atoms with van der Waals surface area (Å²) in [4.78, 5) is 17.0. The molecule has 1 atom stereocenters. The molecule has 0 bridgehead atoms. The summed E-state index contributed by atoms with van der Waals surface area (Å²) in [5.41, 5.74) is -0.314. The number of nitrogens with one attached hydrogen (secondary N) is 1. The van der Waals surface area contributed by atoms with Crippen molar-refractivity contribution in [1.82, 2.24) is 14.5 Å². The maximum Gasteiger partial charge on any atom is 0.416 e. The molecule has 1 aromatic carbocycles. The molecule has 2 heterocycles. The average Bonchev–Trinajstić information content (AvgIpc) is 3.02. The fourth-order valence-electron chi connectivity index (χ4n) is 3.24. The number of halogens is 3. The first-order chi connectivity index (χ1) is 10.4. The molecule has 3 rings (SSSR count). The van der Waals surface area contributed by atoms with Gasteiger partial charge >= 0.3 is 11.9 Å². The molecule has 1 aliphatic rings. The molecule has 1 unspecified atom stereocenters. The first-order valence-electron chi connectivity index (χ1n) is 7.44. The Morgan fingerprint density at radius 3 is 2.82 bits per heavy atom. The molecule has 22 heavy (non-hydrogen) atoms. The van der Waals surface area contributed by atoms with Crippen LogP contribution in [0.1, 0.15) is 25.3 Å². The van der Waals surface area contributed by atoms with Crippen molar-refractivity contribution in [2.24, 2.45) is 0 Å². The number of hydrogen-bond acceptors (Lipinski definition) is 2. The molecule has 1 saturated heterocycles. The number of likely N-dealkylation sites (tertiary alicyclic amines) is 1. The second kappa shape index (κ2) is 5.46. The van der Waals surface area contributed by atoms with Gasteiger partial charge in [0.15, 0.2) is 0 Å². The second-order valence-corrected chi connectivity index (χ2v) is 5.70. The van der Waals surface area contributed by atoms with Crippen LogP contribution in [0, 0.1) is 0 Å². The summed E-state index contributed by atoms with van der Waals surface area (Å²) in [6.07, 6.45) is -2.38. The van der Waals surface area contributed by atoms with E-state index in [0.29, 0.717) is 17.6 Å². The van der Waals surface area contributed by atoms with E-state index in [1.807, 2.05) is 0 Å². The molecule has 1 aliphatic heterocycles. The van der Waals surface area contributed by atoms with Crippen LogP contribution in [-0.2, 0) is 12.7 Å². The Morgan fingerprint density at radius 1 is 1.36 bits per heavy atom. The van der Waals surface area contributed by atoms with Crippen molar-refractivity contribution in [2.45, 2.75) is 38.5 Å². The normalized spacial score (nSPS) is 20.1. The smallest absolute Gasteiger partial charge is 0.306 e. The van der Waals surface area contributed by atoms with Crippen molar-refractivity contribution in [3.63, 3.8) is 0 Å². The van der Waals surface area contributed by atoms with Crippen LogP contribution in [0.15, 0.2) is 23.0 Å². The van der Waals surface area contributed by atoms with E-state index >= 15 is 0 Å². The molecule has 7 heteroatoms. The number of aromatic amines is 1. The van der Waals surface area contributed by atoms with Gasteiger partial charge in [0.1, 0.15) is 0 Å². The standard InChI is InChI=1S/C15H18F3N3O/c1-2-20-7-3-4-11(20)9-21-13-8-10(15(16,17)18)5-6-12(13)19-14(21)22/h5-6,8,11H,2-4,7,9H2,1H3,(H,19,22). The van der Waals surface area contributed by atoms with Gasteiger partial charge in [-0.1, -0.05) is 6.92 Å². The largest absolute Gasteiger partial charge is 0.416 e. The number of hydrogen-bond donors (Lipinski definition) is 1. The van der Waals surface area contributed by atoms with Crippen LogP contribution in [-0.4, -0.2) is 33.6 Å². The molecular formula is C15H18F3N3O. The molecule has 0 spiro atoms. The lowest BCUT2D eigenvalue weighted by Gasteiger charge is -2.23. The molecule has 0 amide bonds. The van der Waals surface area contributed by atoms with Crippen LogP contribution in [0.3, 0.4) is 0 Å². The zero-order valence-electron chi connectivity index (χ0n) is 12.3. The van der Waals surface area contributed by atoms with Gasteiger partial charge in [0, 0.05) is 12.6 Å². The molecule has 4 nitrogen and oxygen atoms in total. The summed E-state index contributed by atoms with van der Waals surface area (Å²) in [6, 6.07) is 3.58. The third-order valence-electron chi connectivity index (χ3n) is 4.40. The number of fused-ring (bicyclic) bond motifs is 1. The molecule has 0 aliphatic carbocycles. The van der Waals surface area contributed by atoms with Crippen LogP contribution in [0.5, 0.6) is 0 Å². The van der Waals surface area contributed by atoms with Gasteiger partial charge in [0.05, 0.1) is 16.6 Å². The molecule has 1 aromatic heterocycles. The number of H-pyrrole nitrogens is 1. The summed E-state index contributed by atoms with van der Waals surface area (Å²) in [5.74, 6) is 0. The van der Waals surface area contributed by atoms with Gasteiger partial charge in [0.2, 0.25) is 0 Å². The minimum Gasteiger partial charge on any atom is -0.306 e. The maximum absolute atomic E-state index is 12.9. The Morgan fingerprint density at radius 2 is 2.14 bits per heavy atom. The van der Waals surface area contributed by atoms with Crippen LogP contribution < -0.4 is 5.69 Å². The van der Waals surface area contributed by atoms with Crippen molar-refractivity contribution in [3.8, 4) is 0 Å². The topological polar surface area (TPSA) is 41.0 Å². The highest BCUT2D eigenvalue weighted by Gasteiger charge is 2.31. The zero-order chi connectivity index (χ0) is 15.9. The van der Waals surface area contributed by atoms with E-state index in [2.05, 4.69) is 16.8 Å². The van der Waals surface area contributed by atoms with Crippen molar-refractivity contribution in [3.05, 3.63) is 34.2 Å².